The van der Waals surface area contributed by atoms with Gasteiger partial charge in [-0.05, 0) is 0 Å². The predicted octanol–water partition coefficient (Wildman–Crippen LogP) is 4.67. The Balaban J connectivity index is 2.76. The molecule has 1 aliphatic heterocycles. The van der Waals surface area contributed by atoms with Crippen LogP contribution in [0.25, 0.3) is 0 Å². The summed E-state index contributed by atoms with van der Waals surface area (Å²) < 4.78 is 242. The fourth-order valence-corrected chi connectivity index (χ4v) is 3.19. The van der Waals surface area contributed by atoms with E-state index in [4.69, 9.17) is 15.4 Å². The minimum Gasteiger partial charge on any atom is -0.353 e. The van der Waals surface area contributed by atoms with Gasteiger partial charge in [0.1, 0.15) is 12.2 Å². The molecule has 0 aromatic heterocycles. The van der Waals surface area contributed by atoms with Crippen molar-refractivity contribution in [3.63, 3.8) is 0 Å². The lowest BCUT2D eigenvalue weighted by Gasteiger charge is -2.33. The highest BCUT2D eigenvalue weighted by atomic mass is 19.4. The second-order valence-electron chi connectivity index (χ2n) is 9.08. The molecule has 26 heteroatoms. The molecule has 2 unspecified atom stereocenters. The molecular formula is C19H19F18N3O5. The van der Waals surface area contributed by atoms with E-state index in [0.29, 0.717) is 0 Å². The molecule has 0 aromatic carbocycles. The molecule has 0 aromatic rings. The van der Waals surface area contributed by atoms with Crippen molar-refractivity contribution in [3.8, 4) is 0 Å². The SMILES string of the molecule is NOC1OC(CNC(=O)CCC(F)(F)C(F)(F)C(F)(F)C(F)(F)F)C(CNC(=O)CCC(F)(F)C(F)(F)C(F)(F)C(F)(F)F)O1. The van der Waals surface area contributed by atoms with Gasteiger partial charge in [-0.25, -0.2) is 10.7 Å². The van der Waals surface area contributed by atoms with E-state index in [0.717, 1.165) is 0 Å². The maximum absolute atomic E-state index is 13.6. The highest BCUT2D eigenvalue weighted by Gasteiger charge is 2.82. The summed E-state index contributed by atoms with van der Waals surface area (Å²) in [5.74, 6) is -39.1. The van der Waals surface area contributed by atoms with Gasteiger partial charge in [-0.2, -0.15) is 79.0 Å². The molecule has 45 heavy (non-hydrogen) atoms. The quantitative estimate of drug-likeness (QED) is 0.168. The minimum atomic E-state index is -7.20. The molecular weight excluding hydrogens is 692 g/mol. The molecule has 1 fully saturated rings. The number of nitrogens with one attached hydrogen (secondary N) is 2. The number of carbonyl (C=O) groups excluding carboxylic acids is 2. The Bertz CT molecular complexity index is 957. The number of halogens is 18. The van der Waals surface area contributed by atoms with Gasteiger partial charge in [0, 0.05) is 38.8 Å². The standard InChI is InChI=1S/C19H19F18N3O5/c20-12(21,14(24,25)16(28,29)18(32,33)34)3-1-9(41)39-5-7-8(44-11(43-7)45-38)6-40-10(42)2-4-13(22,23)15(26,27)17(30,31)19(35,36)37/h7-8,11H,1-6,38H2,(H,39,41)(H,40,42). The fraction of sp³-hybridized carbons (Fsp3) is 0.895. The molecule has 0 radical (unpaired) electrons. The summed E-state index contributed by atoms with van der Waals surface area (Å²) in [5, 5.41) is 3.36. The van der Waals surface area contributed by atoms with Crippen molar-refractivity contribution < 1.29 is 103 Å². The van der Waals surface area contributed by atoms with Crippen LogP contribution in [0.4, 0.5) is 79.0 Å². The van der Waals surface area contributed by atoms with Crippen LogP contribution in [0, 0.1) is 0 Å². The van der Waals surface area contributed by atoms with E-state index in [9.17, 15) is 88.6 Å². The number of hydrogen-bond acceptors (Lipinski definition) is 6. The highest BCUT2D eigenvalue weighted by molar-refractivity contribution is 5.76. The number of rotatable bonds is 15. The molecule has 2 atom stereocenters. The summed E-state index contributed by atoms with van der Waals surface area (Å²) in [5.41, 5.74) is 0. The van der Waals surface area contributed by atoms with Gasteiger partial charge in [0.05, 0.1) is 0 Å². The average Bonchev–Trinajstić information content (AvgIpc) is 3.28. The van der Waals surface area contributed by atoms with Crippen molar-refractivity contribution in [2.75, 3.05) is 13.1 Å². The lowest BCUT2D eigenvalue weighted by molar-refractivity contribution is -0.396. The minimum absolute atomic E-state index is 0.934. The third kappa shape index (κ3) is 8.47. The third-order valence-electron chi connectivity index (χ3n) is 5.85. The van der Waals surface area contributed by atoms with Crippen LogP contribution in [0.3, 0.4) is 0 Å². The molecule has 1 aliphatic rings. The molecule has 2 amide bonds. The Labute approximate surface area is 237 Å². The second-order valence-corrected chi connectivity index (χ2v) is 9.08. The first-order valence-electron chi connectivity index (χ1n) is 11.5. The summed E-state index contributed by atoms with van der Waals surface area (Å²) in [7, 11) is 0. The van der Waals surface area contributed by atoms with Crippen LogP contribution in [0.15, 0.2) is 0 Å². The van der Waals surface area contributed by atoms with Gasteiger partial charge in [-0.3, -0.25) is 9.59 Å². The maximum atomic E-state index is 13.6. The van der Waals surface area contributed by atoms with Crippen LogP contribution in [0.1, 0.15) is 25.7 Å². The summed E-state index contributed by atoms with van der Waals surface area (Å²) in [6.07, 6.45) is -26.0. The van der Waals surface area contributed by atoms with Gasteiger partial charge in [0.25, 0.3) is 6.48 Å². The first-order valence-corrected chi connectivity index (χ1v) is 11.5. The Morgan fingerprint density at radius 3 is 1.09 bits per heavy atom. The predicted molar refractivity (Wildman–Crippen MR) is 105 cm³/mol. The van der Waals surface area contributed by atoms with Gasteiger partial charge >= 0.3 is 47.9 Å². The molecule has 0 bridgehead atoms. The van der Waals surface area contributed by atoms with E-state index >= 15 is 0 Å². The van der Waals surface area contributed by atoms with Gasteiger partial charge in [0.15, 0.2) is 0 Å². The van der Waals surface area contributed by atoms with Crippen LogP contribution < -0.4 is 16.5 Å². The number of ether oxygens (including phenoxy) is 2. The monoisotopic (exact) mass is 711 g/mol. The number of carbonyl (C=O) groups is 2. The van der Waals surface area contributed by atoms with Crippen LogP contribution in [0.2, 0.25) is 0 Å². The van der Waals surface area contributed by atoms with Crippen LogP contribution in [-0.2, 0) is 23.9 Å². The van der Waals surface area contributed by atoms with Crippen molar-refractivity contribution in [3.05, 3.63) is 0 Å². The normalized spacial score (nSPS) is 21.2. The molecule has 1 saturated heterocycles. The van der Waals surface area contributed by atoms with Crippen molar-refractivity contribution >= 4 is 11.8 Å². The Kier molecular flexibility index (Phi) is 12.0. The van der Waals surface area contributed by atoms with E-state index < -0.39 is 117 Å². The zero-order chi connectivity index (χ0) is 35.7. The van der Waals surface area contributed by atoms with Gasteiger partial charge in [0.2, 0.25) is 11.8 Å². The lowest BCUT2D eigenvalue weighted by Crippen LogP contribution is -2.61. The van der Waals surface area contributed by atoms with Crippen molar-refractivity contribution in [2.45, 2.75) is 92.3 Å². The van der Waals surface area contributed by atoms with Crippen LogP contribution in [0.5, 0.6) is 0 Å². The largest absolute Gasteiger partial charge is 0.460 e. The molecule has 0 spiro atoms. The Hall–Kier alpha value is -2.48. The summed E-state index contributed by atoms with van der Waals surface area (Å²) in [4.78, 5) is 27.6. The molecule has 266 valence electrons. The summed E-state index contributed by atoms with van der Waals surface area (Å²) in [6, 6.07) is 0. The molecule has 1 heterocycles. The third-order valence-corrected chi connectivity index (χ3v) is 5.85. The van der Waals surface area contributed by atoms with Crippen LogP contribution >= 0.6 is 0 Å². The summed E-state index contributed by atoms with van der Waals surface area (Å²) >= 11 is 0. The fourth-order valence-electron chi connectivity index (χ4n) is 3.19. The zero-order valence-electron chi connectivity index (χ0n) is 21.4. The number of alkyl halides is 18. The summed E-state index contributed by atoms with van der Waals surface area (Å²) in [6.45, 7) is -3.73. The van der Waals surface area contributed by atoms with E-state index in [2.05, 4.69) is 4.84 Å². The number of hydrogen-bond donors (Lipinski definition) is 3. The lowest BCUT2D eigenvalue weighted by atomic mass is 9.99. The average molecular weight is 711 g/mol. The molecule has 0 saturated carbocycles. The van der Waals surface area contributed by atoms with Crippen molar-refractivity contribution in [1.82, 2.24) is 10.6 Å². The maximum Gasteiger partial charge on any atom is 0.460 e. The van der Waals surface area contributed by atoms with Gasteiger partial charge < -0.3 is 20.1 Å². The molecule has 0 aliphatic carbocycles. The molecule has 1 rings (SSSR count). The zero-order valence-corrected chi connectivity index (χ0v) is 21.4. The highest BCUT2D eigenvalue weighted by Crippen LogP contribution is 2.55. The smallest absolute Gasteiger partial charge is 0.353 e. The second kappa shape index (κ2) is 13.3. The Morgan fingerprint density at radius 2 is 0.844 bits per heavy atom. The van der Waals surface area contributed by atoms with E-state index in [1.54, 1.807) is 10.6 Å². The first-order chi connectivity index (χ1) is 19.9. The molecule has 4 N–H and O–H groups in total. The number of amides is 2. The van der Waals surface area contributed by atoms with Crippen molar-refractivity contribution in [2.24, 2.45) is 5.90 Å². The Morgan fingerprint density at radius 1 is 0.556 bits per heavy atom. The first kappa shape index (κ1) is 40.5. The van der Waals surface area contributed by atoms with E-state index in [1.165, 1.54) is 0 Å². The number of nitrogens with two attached hydrogens (primary N) is 1. The van der Waals surface area contributed by atoms with Gasteiger partial charge in [-0.1, -0.05) is 0 Å². The van der Waals surface area contributed by atoms with Crippen LogP contribution in [-0.4, -0.2) is 91.5 Å². The van der Waals surface area contributed by atoms with Gasteiger partial charge in [-0.15, -0.1) is 0 Å². The molecule has 8 nitrogen and oxygen atoms in total. The van der Waals surface area contributed by atoms with Crippen molar-refractivity contribution in [1.29, 1.82) is 0 Å². The topological polar surface area (TPSA) is 112 Å². The van der Waals surface area contributed by atoms with E-state index in [1.807, 2.05) is 0 Å². The van der Waals surface area contributed by atoms with E-state index in [-0.39, 0.29) is 0 Å².